The van der Waals surface area contributed by atoms with Crippen molar-refractivity contribution in [1.29, 1.82) is 0 Å². The Morgan fingerprint density at radius 3 is 2.76 bits per heavy atom. The van der Waals surface area contributed by atoms with Crippen molar-refractivity contribution in [3.05, 3.63) is 0 Å². The lowest BCUT2D eigenvalue weighted by Gasteiger charge is -2.16. The van der Waals surface area contributed by atoms with Gasteiger partial charge in [-0.15, -0.1) is 0 Å². The van der Waals surface area contributed by atoms with Crippen LogP contribution in [0.25, 0.3) is 0 Å². The Kier molecular flexibility index (Phi) is 4.83. The van der Waals surface area contributed by atoms with Crippen LogP contribution in [0.5, 0.6) is 0 Å². The number of hydrogen-bond donors (Lipinski definition) is 2. The highest BCUT2D eigenvalue weighted by molar-refractivity contribution is 7.80. The van der Waals surface area contributed by atoms with E-state index in [0.29, 0.717) is 11.7 Å². The molecule has 0 unspecified atom stereocenters. The van der Waals surface area contributed by atoms with Gasteiger partial charge in [-0.05, 0) is 39.3 Å². The Morgan fingerprint density at radius 2 is 2.24 bits per heavy atom. The van der Waals surface area contributed by atoms with Crippen molar-refractivity contribution in [1.82, 2.24) is 15.1 Å². The fraction of sp³-hybridized carbons (Fsp3) is 0.700. The summed E-state index contributed by atoms with van der Waals surface area (Å²) in [4.78, 5) is 25.9. The molecule has 0 aromatic carbocycles. The van der Waals surface area contributed by atoms with Crippen molar-refractivity contribution in [2.24, 2.45) is 0 Å². The molecule has 1 aliphatic heterocycles. The normalized spacial score (nSPS) is 19.9. The molecule has 0 aliphatic carbocycles. The van der Waals surface area contributed by atoms with Crippen molar-refractivity contribution < 1.29 is 14.7 Å². The lowest BCUT2D eigenvalue weighted by molar-refractivity contribution is -0.140. The van der Waals surface area contributed by atoms with Gasteiger partial charge in [0.05, 0.1) is 6.42 Å². The summed E-state index contributed by atoms with van der Waals surface area (Å²) in [6, 6.07) is -0.709. The topological polar surface area (TPSA) is 72.9 Å². The smallest absolute Gasteiger partial charge is 0.305 e. The molecule has 1 aliphatic rings. The predicted octanol–water partition coefficient (Wildman–Crippen LogP) is -0.502. The van der Waals surface area contributed by atoms with Crippen LogP contribution in [0.4, 0.5) is 0 Å². The van der Waals surface area contributed by atoms with Crippen LogP contribution in [-0.2, 0) is 9.59 Å². The number of nitrogens with zero attached hydrogens (tertiary/aromatic N) is 2. The van der Waals surface area contributed by atoms with Crippen molar-refractivity contribution in [3.63, 3.8) is 0 Å². The maximum Gasteiger partial charge on any atom is 0.305 e. The molecular weight excluding hydrogens is 242 g/mol. The second-order valence-corrected chi connectivity index (χ2v) is 4.63. The van der Waals surface area contributed by atoms with Crippen molar-refractivity contribution in [2.45, 2.75) is 18.9 Å². The number of carbonyl (C=O) groups excluding carboxylic acids is 1. The summed E-state index contributed by atoms with van der Waals surface area (Å²) in [6.07, 6.45) is 0.573. The summed E-state index contributed by atoms with van der Waals surface area (Å²) in [5.74, 6) is -1.25. The zero-order valence-corrected chi connectivity index (χ0v) is 10.8. The average molecular weight is 259 g/mol. The maximum atomic E-state index is 11.8. The number of carboxylic acids is 1. The third-order valence-electron chi connectivity index (χ3n) is 2.47. The highest BCUT2D eigenvalue weighted by Gasteiger charge is 2.36. The van der Waals surface area contributed by atoms with Gasteiger partial charge in [0.1, 0.15) is 6.04 Å². The van der Waals surface area contributed by atoms with E-state index in [1.165, 1.54) is 4.90 Å². The number of nitrogens with one attached hydrogen (secondary N) is 1. The molecule has 0 saturated carbocycles. The molecule has 1 atom stereocenters. The number of aliphatic carboxylic acids is 1. The van der Waals surface area contributed by atoms with Crippen LogP contribution in [0.15, 0.2) is 0 Å². The first-order valence-corrected chi connectivity index (χ1v) is 5.81. The van der Waals surface area contributed by atoms with E-state index in [2.05, 4.69) is 5.32 Å². The minimum absolute atomic E-state index is 0.233. The number of amides is 1. The third kappa shape index (κ3) is 3.94. The van der Waals surface area contributed by atoms with E-state index in [0.717, 1.165) is 13.0 Å². The fourth-order valence-electron chi connectivity index (χ4n) is 1.65. The monoisotopic (exact) mass is 259 g/mol. The molecule has 1 fully saturated rings. The Morgan fingerprint density at radius 1 is 1.59 bits per heavy atom. The fourth-order valence-corrected chi connectivity index (χ4v) is 1.97. The van der Waals surface area contributed by atoms with Crippen LogP contribution < -0.4 is 5.32 Å². The third-order valence-corrected chi connectivity index (χ3v) is 2.81. The molecule has 2 N–H and O–H groups in total. The summed E-state index contributed by atoms with van der Waals surface area (Å²) in [7, 11) is 3.91. The standard InChI is InChI=1S/C10H17N3O3S/c1-12(2)4-3-5-13-9(16)7(6-8(14)15)11-10(13)17/h7H,3-6H2,1-2H3,(H,11,17)(H,14,15)/t7-/m1/s1. The van der Waals surface area contributed by atoms with E-state index in [9.17, 15) is 9.59 Å². The summed E-state index contributed by atoms with van der Waals surface area (Å²) in [6.45, 7) is 1.38. The van der Waals surface area contributed by atoms with Gasteiger partial charge in [0, 0.05) is 6.54 Å². The first-order valence-electron chi connectivity index (χ1n) is 5.40. The highest BCUT2D eigenvalue weighted by atomic mass is 32.1. The molecule has 0 radical (unpaired) electrons. The minimum Gasteiger partial charge on any atom is -0.481 e. The number of thiocarbonyl (C=S) groups is 1. The van der Waals surface area contributed by atoms with E-state index in [1.807, 2.05) is 19.0 Å². The second-order valence-electron chi connectivity index (χ2n) is 4.25. The van der Waals surface area contributed by atoms with Crippen molar-refractivity contribution >= 4 is 29.2 Å². The molecule has 1 heterocycles. The second kappa shape index (κ2) is 5.92. The van der Waals surface area contributed by atoms with Crippen molar-refractivity contribution in [3.8, 4) is 0 Å². The summed E-state index contributed by atoms with van der Waals surface area (Å²) in [5, 5.41) is 11.7. The Hall–Kier alpha value is -1.21. The molecule has 17 heavy (non-hydrogen) atoms. The van der Waals surface area contributed by atoms with Gasteiger partial charge in [-0.25, -0.2) is 0 Å². The van der Waals surface area contributed by atoms with E-state index >= 15 is 0 Å². The van der Waals surface area contributed by atoms with Crippen LogP contribution in [0.1, 0.15) is 12.8 Å². The molecule has 1 saturated heterocycles. The van der Waals surface area contributed by atoms with Crippen molar-refractivity contribution in [2.75, 3.05) is 27.2 Å². The zero-order valence-electron chi connectivity index (χ0n) is 9.97. The molecule has 7 heteroatoms. The Bertz CT molecular complexity index is 333. The van der Waals surface area contributed by atoms with Gasteiger partial charge >= 0.3 is 5.97 Å². The predicted molar refractivity (Wildman–Crippen MR) is 66.7 cm³/mol. The molecule has 1 rings (SSSR count). The SMILES string of the molecule is CN(C)CCCN1C(=O)[C@@H](CC(=O)O)NC1=S. The molecule has 1 amide bonds. The van der Waals surface area contributed by atoms with Gasteiger partial charge in [0.15, 0.2) is 5.11 Å². The summed E-state index contributed by atoms with van der Waals surface area (Å²) in [5.41, 5.74) is 0. The lowest BCUT2D eigenvalue weighted by atomic mass is 10.2. The Balaban J connectivity index is 2.48. The van der Waals surface area contributed by atoms with Crippen LogP contribution in [0.3, 0.4) is 0 Å². The first kappa shape index (κ1) is 13.9. The van der Waals surface area contributed by atoms with Crippen LogP contribution in [0, 0.1) is 0 Å². The summed E-state index contributed by atoms with van der Waals surface area (Å²) < 4.78 is 0. The largest absolute Gasteiger partial charge is 0.481 e. The van der Waals surface area contributed by atoms with Gasteiger partial charge < -0.3 is 15.3 Å². The molecule has 0 aromatic rings. The number of carbonyl (C=O) groups is 2. The van der Waals surface area contributed by atoms with E-state index in [4.69, 9.17) is 17.3 Å². The molecule has 0 bridgehead atoms. The summed E-state index contributed by atoms with van der Waals surface area (Å²) >= 11 is 5.01. The lowest BCUT2D eigenvalue weighted by Crippen LogP contribution is -2.34. The first-order chi connectivity index (χ1) is 7.91. The van der Waals surface area contributed by atoms with Gasteiger partial charge in [-0.1, -0.05) is 0 Å². The van der Waals surface area contributed by atoms with Crippen LogP contribution in [-0.4, -0.2) is 65.1 Å². The van der Waals surface area contributed by atoms with E-state index in [1.54, 1.807) is 0 Å². The molecule has 6 nitrogen and oxygen atoms in total. The number of hydrogen-bond acceptors (Lipinski definition) is 4. The maximum absolute atomic E-state index is 11.8. The van der Waals surface area contributed by atoms with Gasteiger partial charge in [0.2, 0.25) is 0 Å². The minimum atomic E-state index is -1.01. The highest BCUT2D eigenvalue weighted by Crippen LogP contribution is 2.10. The molecule has 0 spiro atoms. The molecular formula is C10H17N3O3S. The van der Waals surface area contributed by atoms with E-state index in [-0.39, 0.29) is 12.3 Å². The van der Waals surface area contributed by atoms with Gasteiger partial charge in [-0.2, -0.15) is 0 Å². The average Bonchev–Trinajstić information content (AvgIpc) is 2.44. The quantitative estimate of drug-likeness (QED) is 0.626. The van der Waals surface area contributed by atoms with Gasteiger partial charge in [0.25, 0.3) is 5.91 Å². The Labute approximate surface area is 106 Å². The molecule has 0 aromatic heterocycles. The number of carboxylic acid groups (broad SMARTS) is 1. The van der Waals surface area contributed by atoms with Crippen LogP contribution >= 0.6 is 12.2 Å². The van der Waals surface area contributed by atoms with E-state index < -0.39 is 12.0 Å². The van der Waals surface area contributed by atoms with Gasteiger partial charge in [-0.3, -0.25) is 14.5 Å². The van der Waals surface area contributed by atoms with Crippen LogP contribution in [0.2, 0.25) is 0 Å². The number of rotatable bonds is 6. The zero-order chi connectivity index (χ0) is 13.0. The molecule has 96 valence electrons.